The predicted molar refractivity (Wildman–Crippen MR) is 69.9 cm³/mol. The number of amides is 2. The van der Waals surface area contributed by atoms with Crippen molar-refractivity contribution in [2.45, 2.75) is 12.7 Å². The first kappa shape index (κ1) is 14.2. The van der Waals surface area contributed by atoms with Gasteiger partial charge < -0.3 is 0 Å². The van der Waals surface area contributed by atoms with Crippen molar-refractivity contribution in [1.29, 1.82) is 0 Å². The van der Waals surface area contributed by atoms with E-state index < -0.39 is 23.6 Å². The number of alkyl halides is 3. The van der Waals surface area contributed by atoms with Crippen LogP contribution in [-0.2, 0) is 12.7 Å². The second-order valence-electron chi connectivity index (χ2n) is 4.79. The summed E-state index contributed by atoms with van der Waals surface area (Å²) < 4.78 is 38.1. The number of pyridine rings is 1. The van der Waals surface area contributed by atoms with Crippen LogP contribution < -0.4 is 0 Å². The van der Waals surface area contributed by atoms with Crippen LogP contribution in [0.25, 0.3) is 0 Å². The van der Waals surface area contributed by atoms with Gasteiger partial charge in [0.1, 0.15) is 5.69 Å². The van der Waals surface area contributed by atoms with Gasteiger partial charge in [0.15, 0.2) is 0 Å². The summed E-state index contributed by atoms with van der Waals surface area (Å²) in [5.74, 6) is -1.15. The zero-order valence-corrected chi connectivity index (χ0v) is 11.1. The summed E-state index contributed by atoms with van der Waals surface area (Å²) in [7, 11) is 0. The van der Waals surface area contributed by atoms with E-state index in [2.05, 4.69) is 4.98 Å². The normalized spacial score (nSPS) is 14.4. The van der Waals surface area contributed by atoms with Gasteiger partial charge in [0.05, 0.1) is 17.7 Å². The highest BCUT2D eigenvalue weighted by molar-refractivity contribution is 6.20. The van der Waals surface area contributed by atoms with Gasteiger partial charge in [-0.25, -0.2) is 0 Å². The first-order chi connectivity index (χ1) is 10.4. The Hall–Kier alpha value is -2.70. The largest absolute Gasteiger partial charge is 0.416 e. The van der Waals surface area contributed by atoms with Crippen molar-refractivity contribution in [2.75, 3.05) is 0 Å². The van der Waals surface area contributed by atoms with Gasteiger partial charge in [-0.15, -0.1) is 0 Å². The molecule has 0 N–H and O–H groups in total. The maximum atomic E-state index is 12.7. The Morgan fingerprint density at radius 2 is 1.82 bits per heavy atom. The quantitative estimate of drug-likeness (QED) is 0.802. The molecule has 0 saturated carbocycles. The molecular weight excluding hydrogens is 297 g/mol. The van der Waals surface area contributed by atoms with Crippen LogP contribution in [0.3, 0.4) is 0 Å². The molecular formula is C15H9F3N2O2. The molecule has 0 radical (unpaired) electrons. The van der Waals surface area contributed by atoms with Crippen LogP contribution in [0.5, 0.6) is 0 Å². The molecule has 2 heterocycles. The molecule has 3 rings (SSSR count). The van der Waals surface area contributed by atoms with Crippen molar-refractivity contribution in [1.82, 2.24) is 9.88 Å². The van der Waals surface area contributed by atoms with Gasteiger partial charge in [-0.05, 0) is 29.8 Å². The molecule has 7 heteroatoms. The van der Waals surface area contributed by atoms with Crippen LogP contribution in [0.1, 0.15) is 32.0 Å². The Morgan fingerprint density at radius 1 is 1.05 bits per heavy atom. The van der Waals surface area contributed by atoms with Crippen molar-refractivity contribution in [3.63, 3.8) is 0 Å². The van der Waals surface area contributed by atoms with Crippen LogP contribution >= 0.6 is 0 Å². The van der Waals surface area contributed by atoms with Crippen LogP contribution in [0.15, 0.2) is 42.6 Å². The second-order valence-corrected chi connectivity index (χ2v) is 4.79. The summed E-state index contributed by atoms with van der Waals surface area (Å²) in [6, 6.07) is 7.54. The average Bonchev–Trinajstić information content (AvgIpc) is 2.72. The lowest BCUT2D eigenvalue weighted by Crippen LogP contribution is -2.29. The maximum absolute atomic E-state index is 12.7. The molecule has 22 heavy (non-hydrogen) atoms. The van der Waals surface area contributed by atoms with E-state index in [9.17, 15) is 22.8 Å². The number of carbonyl (C=O) groups is 2. The molecule has 0 spiro atoms. The number of hydrogen-bond acceptors (Lipinski definition) is 3. The van der Waals surface area contributed by atoms with E-state index in [1.54, 1.807) is 0 Å². The fraction of sp³-hybridized carbons (Fsp3) is 0.133. The molecule has 0 fully saturated rings. The minimum absolute atomic E-state index is 0.0273. The van der Waals surface area contributed by atoms with E-state index in [1.807, 2.05) is 0 Å². The van der Waals surface area contributed by atoms with Gasteiger partial charge in [-0.3, -0.25) is 19.5 Å². The topological polar surface area (TPSA) is 50.3 Å². The molecule has 2 aromatic rings. The molecule has 1 aliphatic rings. The number of benzene rings is 1. The SMILES string of the molecule is O=C1c2cccnc2C(=O)N1Cc1cccc(C(F)(F)F)c1. The van der Waals surface area contributed by atoms with Crippen molar-refractivity contribution in [2.24, 2.45) is 0 Å². The Balaban J connectivity index is 1.89. The fourth-order valence-electron chi connectivity index (χ4n) is 2.29. The molecule has 0 aliphatic carbocycles. The molecule has 0 bridgehead atoms. The van der Waals surface area contributed by atoms with E-state index in [0.29, 0.717) is 0 Å². The highest BCUT2D eigenvalue weighted by atomic mass is 19.4. The van der Waals surface area contributed by atoms with Gasteiger partial charge in [0.2, 0.25) is 0 Å². The van der Waals surface area contributed by atoms with E-state index in [-0.39, 0.29) is 23.4 Å². The number of rotatable bonds is 2. The highest BCUT2D eigenvalue weighted by Crippen LogP contribution is 2.30. The Labute approximate surface area is 123 Å². The molecule has 1 aromatic carbocycles. The van der Waals surface area contributed by atoms with Gasteiger partial charge in [0, 0.05) is 6.20 Å². The smallest absolute Gasteiger partial charge is 0.268 e. The number of aromatic nitrogens is 1. The Kier molecular flexibility index (Phi) is 3.20. The number of carbonyl (C=O) groups excluding carboxylic acids is 2. The van der Waals surface area contributed by atoms with Crippen LogP contribution in [0.4, 0.5) is 13.2 Å². The van der Waals surface area contributed by atoms with Crippen molar-refractivity contribution in [3.05, 3.63) is 65.0 Å². The van der Waals surface area contributed by atoms with Crippen LogP contribution in [-0.4, -0.2) is 21.7 Å². The molecule has 0 unspecified atom stereocenters. The minimum atomic E-state index is -4.47. The molecule has 1 aromatic heterocycles. The minimum Gasteiger partial charge on any atom is -0.268 e. The molecule has 4 nitrogen and oxygen atoms in total. The van der Waals surface area contributed by atoms with Gasteiger partial charge >= 0.3 is 6.18 Å². The lowest BCUT2D eigenvalue weighted by Gasteiger charge is -2.15. The number of hydrogen-bond donors (Lipinski definition) is 0. The summed E-state index contributed by atoms with van der Waals surface area (Å²) in [6.45, 7) is -0.224. The van der Waals surface area contributed by atoms with Gasteiger partial charge in [-0.1, -0.05) is 12.1 Å². The zero-order chi connectivity index (χ0) is 15.9. The third kappa shape index (κ3) is 2.34. The Bertz CT molecular complexity index is 736. The summed E-state index contributed by atoms with van der Waals surface area (Å²) in [4.78, 5) is 29.0. The Morgan fingerprint density at radius 3 is 2.50 bits per heavy atom. The average molecular weight is 306 g/mol. The van der Waals surface area contributed by atoms with E-state index >= 15 is 0 Å². The molecule has 0 saturated heterocycles. The van der Waals surface area contributed by atoms with E-state index in [1.165, 1.54) is 30.5 Å². The predicted octanol–water partition coefficient (Wildman–Crippen LogP) is 2.90. The molecule has 2 amide bonds. The summed E-state index contributed by atoms with van der Waals surface area (Å²) in [5, 5.41) is 0. The summed E-state index contributed by atoms with van der Waals surface area (Å²) >= 11 is 0. The number of nitrogens with zero attached hydrogens (tertiary/aromatic N) is 2. The van der Waals surface area contributed by atoms with Gasteiger partial charge in [0.25, 0.3) is 11.8 Å². The van der Waals surface area contributed by atoms with Crippen LogP contribution in [0.2, 0.25) is 0 Å². The maximum Gasteiger partial charge on any atom is 0.416 e. The first-order valence-electron chi connectivity index (χ1n) is 6.35. The highest BCUT2D eigenvalue weighted by Gasteiger charge is 2.37. The van der Waals surface area contributed by atoms with Crippen molar-refractivity contribution in [3.8, 4) is 0 Å². The summed E-state index contributed by atoms with van der Waals surface area (Å²) in [6.07, 6.45) is -3.09. The zero-order valence-electron chi connectivity index (χ0n) is 11.1. The summed E-state index contributed by atoms with van der Waals surface area (Å²) in [5.41, 5.74) is -0.400. The fourth-order valence-corrected chi connectivity index (χ4v) is 2.29. The lowest BCUT2D eigenvalue weighted by molar-refractivity contribution is -0.137. The number of imide groups is 1. The number of halogens is 3. The second kappa shape index (κ2) is 4.94. The van der Waals surface area contributed by atoms with Crippen molar-refractivity contribution < 1.29 is 22.8 Å². The van der Waals surface area contributed by atoms with E-state index in [4.69, 9.17) is 0 Å². The molecule has 0 atom stereocenters. The molecule has 112 valence electrons. The third-order valence-corrected chi connectivity index (χ3v) is 3.33. The van der Waals surface area contributed by atoms with E-state index in [0.717, 1.165) is 17.0 Å². The first-order valence-corrected chi connectivity index (χ1v) is 6.35. The number of fused-ring (bicyclic) bond motifs is 1. The third-order valence-electron chi connectivity index (χ3n) is 3.33. The molecule has 1 aliphatic heterocycles. The lowest BCUT2D eigenvalue weighted by atomic mass is 10.1. The van der Waals surface area contributed by atoms with Crippen LogP contribution in [0, 0.1) is 0 Å². The van der Waals surface area contributed by atoms with Gasteiger partial charge in [-0.2, -0.15) is 13.2 Å². The van der Waals surface area contributed by atoms with Crippen molar-refractivity contribution >= 4 is 11.8 Å². The monoisotopic (exact) mass is 306 g/mol. The standard InChI is InChI=1S/C15H9F3N2O2/c16-15(17,18)10-4-1-3-9(7-10)8-20-13(21)11-5-2-6-19-12(11)14(20)22/h1-7H,8H2.